The smallest absolute Gasteiger partial charge is 0.241 e. The van der Waals surface area contributed by atoms with E-state index in [1.54, 1.807) is 11.3 Å². The molecule has 2 amide bonds. The summed E-state index contributed by atoms with van der Waals surface area (Å²) in [6.07, 6.45) is 1.68. The molecule has 0 spiro atoms. The zero-order chi connectivity index (χ0) is 21.3. The van der Waals surface area contributed by atoms with E-state index >= 15 is 0 Å². The molecule has 1 saturated heterocycles. The summed E-state index contributed by atoms with van der Waals surface area (Å²) in [4.78, 5) is 31.0. The molecule has 2 aromatic carbocycles. The van der Waals surface area contributed by atoms with Crippen LogP contribution in [0.15, 0.2) is 42.5 Å². The molecular formula is C23H26N4O2S. The van der Waals surface area contributed by atoms with Crippen LogP contribution in [0.2, 0.25) is 0 Å². The van der Waals surface area contributed by atoms with Gasteiger partial charge in [0.1, 0.15) is 5.01 Å². The number of rotatable bonds is 5. The maximum absolute atomic E-state index is 12.7. The number of aromatic nitrogens is 1. The summed E-state index contributed by atoms with van der Waals surface area (Å²) in [5.74, 6) is -0.540. The molecule has 6 nitrogen and oxygen atoms in total. The van der Waals surface area contributed by atoms with Crippen LogP contribution in [-0.4, -0.2) is 40.8 Å². The van der Waals surface area contributed by atoms with Crippen LogP contribution in [0.4, 0.5) is 5.69 Å². The van der Waals surface area contributed by atoms with Crippen molar-refractivity contribution in [2.75, 3.05) is 18.4 Å². The van der Waals surface area contributed by atoms with Crippen molar-refractivity contribution < 1.29 is 9.59 Å². The van der Waals surface area contributed by atoms with Crippen molar-refractivity contribution in [1.29, 1.82) is 0 Å². The van der Waals surface area contributed by atoms with Gasteiger partial charge in [-0.1, -0.05) is 6.07 Å². The average molecular weight is 423 g/mol. The van der Waals surface area contributed by atoms with Gasteiger partial charge < -0.3 is 11.1 Å². The van der Waals surface area contributed by atoms with Gasteiger partial charge in [0.05, 0.1) is 22.2 Å². The molecule has 156 valence electrons. The molecule has 7 heteroatoms. The van der Waals surface area contributed by atoms with Crippen LogP contribution >= 0.6 is 11.3 Å². The molecule has 3 aromatic rings. The number of anilines is 1. The maximum atomic E-state index is 12.7. The normalized spacial score (nSPS) is 18.3. The minimum atomic E-state index is -0.320. The molecule has 0 bridgehead atoms. The second-order valence-electron chi connectivity index (χ2n) is 7.97. The van der Waals surface area contributed by atoms with Gasteiger partial charge in [-0.05, 0) is 75.2 Å². The Hall–Kier alpha value is -2.77. The Morgan fingerprint density at radius 1 is 1.23 bits per heavy atom. The Labute approximate surface area is 180 Å². The molecule has 1 fully saturated rings. The summed E-state index contributed by atoms with van der Waals surface area (Å²) in [5, 5.41) is 3.95. The lowest BCUT2D eigenvalue weighted by Crippen LogP contribution is -2.49. The molecular weight excluding hydrogens is 396 g/mol. The van der Waals surface area contributed by atoms with Gasteiger partial charge in [-0.15, -0.1) is 11.3 Å². The van der Waals surface area contributed by atoms with Crippen molar-refractivity contribution in [1.82, 2.24) is 9.88 Å². The van der Waals surface area contributed by atoms with Gasteiger partial charge in [-0.2, -0.15) is 0 Å². The van der Waals surface area contributed by atoms with Crippen LogP contribution in [0.1, 0.15) is 25.3 Å². The number of primary amides is 1. The molecule has 0 aliphatic carbocycles. The number of likely N-dealkylation sites (tertiary alicyclic amines) is 1. The number of nitrogens with one attached hydrogen (secondary N) is 1. The number of benzene rings is 2. The number of fused-ring (bicyclic) bond motifs is 1. The fourth-order valence-electron chi connectivity index (χ4n) is 3.85. The van der Waals surface area contributed by atoms with Crippen molar-refractivity contribution in [3.05, 3.63) is 48.0 Å². The first kappa shape index (κ1) is 20.5. The molecule has 0 unspecified atom stereocenters. The zero-order valence-corrected chi connectivity index (χ0v) is 18.0. The number of hydrogen-bond acceptors (Lipinski definition) is 5. The van der Waals surface area contributed by atoms with Crippen molar-refractivity contribution in [3.8, 4) is 10.6 Å². The largest absolute Gasteiger partial charge is 0.369 e. The predicted octanol–water partition coefficient (Wildman–Crippen LogP) is 3.80. The highest BCUT2D eigenvalue weighted by atomic mass is 32.1. The molecule has 30 heavy (non-hydrogen) atoms. The van der Waals surface area contributed by atoms with Crippen molar-refractivity contribution >= 4 is 39.1 Å². The van der Waals surface area contributed by atoms with E-state index in [0.29, 0.717) is 6.54 Å². The Bertz CT molecular complexity index is 1080. The molecule has 4 rings (SSSR count). The number of amides is 2. The van der Waals surface area contributed by atoms with Crippen molar-refractivity contribution in [2.45, 2.75) is 32.7 Å². The molecule has 0 radical (unpaired) electrons. The first-order valence-electron chi connectivity index (χ1n) is 10.2. The van der Waals surface area contributed by atoms with E-state index < -0.39 is 0 Å². The fraction of sp³-hybridized carbons (Fsp3) is 0.348. The third-order valence-electron chi connectivity index (χ3n) is 5.73. The van der Waals surface area contributed by atoms with Crippen LogP contribution in [0.5, 0.6) is 0 Å². The minimum Gasteiger partial charge on any atom is -0.369 e. The Balaban J connectivity index is 1.42. The second-order valence-corrected chi connectivity index (χ2v) is 9.00. The third-order valence-corrected chi connectivity index (χ3v) is 6.79. The quantitative estimate of drug-likeness (QED) is 0.655. The fourth-order valence-corrected chi connectivity index (χ4v) is 4.92. The Morgan fingerprint density at radius 3 is 2.73 bits per heavy atom. The third kappa shape index (κ3) is 4.37. The number of piperidine rings is 1. The summed E-state index contributed by atoms with van der Waals surface area (Å²) in [5.41, 5.74) is 9.45. The van der Waals surface area contributed by atoms with Gasteiger partial charge in [0, 0.05) is 17.8 Å². The average Bonchev–Trinajstić information content (AvgIpc) is 3.17. The predicted molar refractivity (Wildman–Crippen MR) is 121 cm³/mol. The summed E-state index contributed by atoms with van der Waals surface area (Å²) in [6.45, 7) is 5.29. The van der Waals surface area contributed by atoms with Gasteiger partial charge in [0.2, 0.25) is 11.8 Å². The van der Waals surface area contributed by atoms with Crippen LogP contribution in [-0.2, 0) is 9.59 Å². The summed E-state index contributed by atoms with van der Waals surface area (Å²) in [6, 6.07) is 13.7. The monoisotopic (exact) mass is 422 g/mol. The number of hydrogen-bond donors (Lipinski definition) is 2. The summed E-state index contributed by atoms with van der Waals surface area (Å²) < 4.78 is 1.17. The van der Waals surface area contributed by atoms with Crippen LogP contribution < -0.4 is 11.1 Å². The van der Waals surface area contributed by atoms with Crippen LogP contribution in [0.3, 0.4) is 0 Å². The van der Waals surface area contributed by atoms with Gasteiger partial charge >= 0.3 is 0 Å². The number of nitrogens with two attached hydrogens (primary N) is 1. The lowest BCUT2D eigenvalue weighted by molar-refractivity contribution is -0.127. The molecule has 2 heterocycles. The maximum Gasteiger partial charge on any atom is 0.241 e. The Kier molecular flexibility index (Phi) is 5.83. The second kappa shape index (κ2) is 8.53. The van der Waals surface area contributed by atoms with E-state index in [4.69, 9.17) is 10.7 Å². The number of aryl methyl sites for hydroxylation is 1. The first-order valence-corrected chi connectivity index (χ1v) is 11.0. The highest BCUT2D eigenvalue weighted by Crippen LogP contribution is 2.31. The van der Waals surface area contributed by atoms with E-state index in [9.17, 15) is 9.59 Å². The molecule has 1 aliphatic rings. The van der Waals surface area contributed by atoms with Gasteiger partial charge in [-0.25, -0.2) is 4.98 Å². The van der Waals surface area contributed by atoms with Gasteiger partial charge in [0.25, 0.3) is 0 Å². The molecule has 1 aliphatic heterocycles. The zero-order valence-electron chi connectivity index (χ0n) is 17.2. The van der Waals surface area contributed by atoms with E-state index in [-0.39, 0.29) is 23.8 Å². The van der Waals surface area contributed by atoms with E-state index in [1.165, 1.54) is 10.3 Å². The van der Waals surface area contributed by atoms with Crippen LogP contribution in [0.25, 0.3) is 20.8 Å². The van der Waals surface area contributed by atoms with E-state index in [2.05, 4.69) is 24.4 Å². The van der Waals surface area contributed by atoms with Crippen molar-refractivity contribution in [3.63, 3.8) is 0 Å². The number of nitrogens with zero attached hydrogens (tertiary/aromatic N) is 2. The Morgan fingerprint density at radius 2 is 2.00 bits per heavy atom. The van der Waals surface area contributed by atoms with Crippen molar-refractivity contribution in [2.24, 2.45) is 11.7 Å². The standard InChI is InChI=1S/C23H26N4O2S/c1-14-5-10-19-20(12-14)30-23(26-19)16-6-8-18(9-7-16)25-22(29)15(2)27-11-3-4-17(13-27)21(24)28/h5-10,12,15,17H,3-4,11,13H2,1-2H3,(H2,24,28)(H,25,29)/t15-,17-/m0/s1. The molecule has 0 saturated carbocycles. The highest BCUT2D eigenvalue weighted by molar-refractivity contribution is 7.21. The van der Waals surface area contributed by atoms with Gasteiger partial charge in [-0.3, -0.25) is 14.5 Å². The van der Waals surface area contributed by atoms with Crippen LogP contribution in [0, 0.1) is 12.8 Å². The lowest BCUT2D eigenvalue weighted by Gasteiger charge is -2.34. The number of carbonyl (C=O) groups is 2. The SMILES string of the molecule is Cc1ccc2nc(-c3ccc(NC(=O)[C@H](C)N4CCC[C@H](C(N)=O)C4)cc3)sc2c1. The topological polar surface area (TPSA) is 88.3 Å². The first-order chi connectivity index (χ1) is 14.4. The highest BCUT2D eigenvalue weighted by Gasteiger charge is 2.29. The number of carbonyl (C=O) groups excluding carboxylic acids is 2. The minimum absolute atomic E-state index is 0.0802. The van der Waals surface area contributed by atoms with E-state index in [1.807, 2.05) is 42.2 Å². The molecule has 1 aromatic heterocycles. The van der Waals surface area contributed by atoms with Gasteiger partial charge in [0.15, 0.2) is 0 Å². The van der Waals surface area contributed by atoms with E-state index in [0.717, 1.165) is 41.2 Å². The number of thiazole rings is 1. The summed E-state index contributed by atoms with van der Waals surface area (Å²) >= 11 is 1.67. The molecule has 3 N–H and O–H groups in total. The molecule has 2 atom stereocenters. The summed E-state index contributed by atoms with van der Waals surface area (Å²) in [7, 11) is 0. The lowest BCUT2D eigenvalue weighted by atomic mass is 9.96.